The lowest BCUT2D eigenvalue weighted by Crippen LogP contribution is -2.52. The van der Waals surface area contributed by atoms with Crippen molar-refractivity contribution in [1.29, 1.82) is 0 Å². The molecule has 0 bridgehead atoms. The molecule has 2 heterocycles. The van der Waals surface area contributed by atoms with Crippen LogP contribution >= 0.6 is 11.3 Å². The van der Waals surface area contributed by atoms with Gasteiger partial charge >= 0.3 is 0 Å². The molecule has 1 atom stereocenters. The number of rotatable bonds is 3. The predicted molar refractivity (Wildman–Crippen MR) is 86.8 cm³/mol. The van der Waals surface area contributed by atoms with Gasteiger partial charge in [-0.25, -0.2) is 4.98 Å². The summed E-state index contributed by atoms with van der Waals surface area (Å²) in [6.45, 7) is 6.49. The van der Waals surface area contributed by atoms with Crippen molar-refractivity contribution in [1.82, 2.24) is 14.8 Å². The number of nitrogens with one attached hydrogen (secondary N) is 1. The van der Waals surface area contributed by atoms with Crippen molar-refractivity contribution in [2.45, 2.75) is 13.0 Å². The van der Waals surface area contributed by atoms with Crippen LogP contribution in [-0.2, 0) is 0 Å². The number of aromatic nitrogens is 1. The molecule has 5 heteroatoms. The van der Waals surface area contributed by atoms with E-state index in [0.717, 1.165) is 36.8 Å². The van der Waals surface area contributed by atoms with E-state index >= 15 is 0 Å². The van der Waals surface area contributed by atoms with Crippen LogP contribution in [0.25, 0.3) is 10.2 Å². The molecule has 1 aliphatic heterocycles. The first-order valence-corrected chi connectivity index (χ1v) is 7.93. The van der Waals surface area contributed by atoms with Crippen molar-refractivity contribution in [3.05, 3.63) is 23.8 Å². The monoisotopic (exact) mass is 290 g/mol. The number of anilines is 1. The SMILES string of the molecule is Cc1ccc2sc(NCC3CN(C)CCN3C)nc2c1. The van der Waals surface area contributed by atoms with Crippen LogP contribution in [0.15, 0.2) is 18.2 Å². The van der Waals surface area contributed by atoms with E-state index in [4.69, 9.17) is 0 Å². The van der Waals surface area contributed by atoms with Gasteiger partial charge in [0.25, 0.3) is 0 Å². The molecule has 1 N–H and O–H groups in total. The molecular weight excluding hydrogens is 268 g/mol. The molecule has 1 aromatic carbocycles. The molecule has 3 rings (SSSR count). The molecule has 0 spiro atoms. The number of thiazole rings is 1. The van der Waals surface area contributed by atoms with Gasteiger partial charge in [0.05, 0.1) is 10.2 Å². The average Bonchev–Trinajstić information content (AvgIpc) is 2.81. The van der Waals surface area contributed by atoms with Gasteiger partial charge in [0.15, 0.2) is 5.13 Å². The van der Waals surface area contributed by atoms with Gasteiger partial charge in [-0.05, 0) is 38.7 Å². The van der Waals surface area contributed by atoms with Gasteiger partial charge in [0, 0.05) is 32.2 Å². The second-order valence-electron chi connectivity index (χ2n) is 5.77. The zero-order valence-corrected chi connectivity index (χ0v) is 13.2. The maximum Gasteiger partial charge on any atom is 0.183 e. The number of aryl methyl sites for hydroxylation is 1. The normalized spacial score (nSPS) is 21.4. The van der Waals surface area contributed by atoms with Gasteiger partial charge in [-0.15, -0.1) is 0 Å². The molecule has 1 unspecified atom stereocenters. The summed E-state index contributed by atoms with van der Waals surface area (Å²) >= 11 is 1.74. The van der Waals surface area contributed by atoms with Crippen molar-refractivity contribution >= 4 is 26.7 Å². The van der Waals surface area contributed by atoms with Crippen molar-refractivity contribution in [3.63, 3.8) is 0 Å². The van der Waals surface area contributed by atoms with Gasteiger partial charge in [-0.2, -0.15) is 0 Å². The molecule has 20 heavy (non-hydrogen) atoms. The zero-order valence-electron chi connectivity index (χ0n) is 12.4. The average molecular weight is 290 g/mol. The second kappa shape index (κ2) is 5.68. The minimum Gasteiger partial charge on any atom is -0.360 e. The maximum atomic E-state index is 4.68. The van der Waals surface area contributed by atoms with Gasteiger partial charge in [-0.3, -0.25) is 4.90 Å². The fourth-order valence-corrected chi connectivity index (χ4v) is 3.49. The Labute approximate surface area is 124 Å². The fraction of sp³-hybridized carbons (Fsp3) is 0.533. The van der Waals surface area contributed by atoms with Crippen LogP contribution in [-0.4, -0.2) is 61.1 Å². The smallest absolute Gasteiger partial charge is 0.183 e. The van der Waals surface area contributed by atoms with Crippen LogP contribution in [0.2, 0.25) is 0 Å². The highest BCUT2D eigenvalue weighted by atomic mass is 32.1. The summed E-state index contributed by atoms with van der Waals surface area (Å²) in [5, 5.41) is 4.55. The first-order chi connectivity index (χ1) is 9.61. The molecule has 2 aromatic rings. The van der Waals surface area contributed by atoms with E-state index in [2.05, 4.69) is 59.3 Å². The van der Waals surface area contributed by atoms with E-state index in [9.17, 15) is 0 Å². The van der Waals surface area contributed by atoms with Crippen LogP contribution < -0.4 is 5.32 Å². The van der Waals surface area contributed by atoms with E-state index in [1.807, 2.05) is 0 Å². The molecule has 1 fully saturated rings. The third-order valence-electron chi connectivity index (χ3n) is 4.01. The largest absolute Gasteiger partial charge is 0.360 e. The number of piperazine rings is 1. The summed E-state index contributed by atoms with van der Waals surface area (Å²) in [5.41, 5.74) is 2.37. The predicted octanol–water partition coefficient (Wildman–Crippen LogP) is 2.26. The Kier molecular flexibility index (Phi) is 3.92. The molecule has 1 saturated heterocycles. The first-order valence-electron chi connectivity index (χ1n) is 7.11. The zero-order chi connectivity index (χ0) is 14.1. The summed E-state index contributed by atoms with van der Waals surface area (Å²) in [6, 6.07) is 7.02. The van der Waals surface area contributed by atoms with Crippen LogP contribution in [0, 0.1) is 6.92 Å². The van der Waals surface area contributed by atoms with Crippen molar-refractivity contribution < 1.29 is 0 Å². The van der Waals surface area contributed by atoms with E-state index in [1.165, 1.54) is 10.3 Å². The minimum absolute atomic E-state index is 0.558. The van der Waals surface area contributed by atoms with Gasteiger partial charge in [0.2, 0.25) is 0 Å². The van der Waals surface area contributed by atoms with Crippen LogP contribution in [0.5, 0.6) is 0 Å². The Hall–Kier alpha value is -1.17. The van der Waals surface area contributed by atoms with Crippen molar-refractivity contribution in [3.8, 4) is 0 Å². The Balaban J connectivity index is 1.67. The molecule has 4 nitrogen and oxygen atoms in total. The van der Waals surface area contributed by atoms with Gasteiger partial charge < -0.3 is 10.2 Å². The number of likely N-dealkylation sites (N-methyl/N-ethyl adjacent to an activating group) is 2. The van der Waals surface area contributed by atoms with Gasteiger partial charge in [-0.1, -0.05) is 17.4 Å². The summed E-state index contributed by atoms with van der Waals surface area (Å²) in [7, 11) is 4.40. The first kappa shape index (κ1) is 13.8. The lowest BCUT2D eigenvalue weighted by molar-refractivity contribution is 0.122. The number of fused-ring (bicyclic) bond motifs is 1. The molecule has 0 amide bonds. The van der Waals surface area contributed by atoms with Crippen LogP contribution in [0.4, 0.5) is 5.13 Å². The summed E-state index contributed by atoms with van der Waals surface area (Å²) in [5.74, 6) is 0. The topological polar surface area (TPSA) is 31.4 Å². The molecule has 1 aliphatic rings. The van der Waals surface area contributed by atoms with E-state index in [0.29, 0.717) is 6.04 Å². The number of hydrogen-bond acceptors (Lipinski definition) is 5. The minimum atomic E-state index is 0.558. The number of nitrogens with zero attached hydrogens (tertiary/aromatic N) is 3. The molecule has 108 valence electrons. The Morgan fingerprint density at radius 1 is 1.35 bits per heavy atom. The molecule has 1 aromatic heterocycles. The quantitative estimate of drug-likeness (QED) is 0.939. The molecule has 0 radical (unpaired) electrons. The van der Waals surface area contributed by atoms with E-state index in [1.54, 1.807) is 11.3 Å². The Morgan fingerprint density at radius 3 is 3.05 bits per heavy atom. The molecular formula is C15H22N4S. The van der Waals surface area contributed by atoms with Crippen molar-refractivity contribution in [2.75, 3.05) is 45.6 Å². The highest BCUT2D eigenvalue weighted by Crippen LogP contribution is 2.26. The third kappa shape index (κ3) is 2.95. The highest BCUT2D eigenvalue weighted by Gasteiger charge is 2.22. The van der Waals surface area contributed by atoms with Crippen molar-refractivity contribution in [2.24, 2.45) is 0 Å². The second-order valence-corrected chi connectivity index (χ2v) is 6.80. The molecule has 0 aliphatic carbocycles. The lowest BCUT2D eigenvalue weighted by Gasteiger charge is -2.37. The third-order valence-corrected chi connectivity index (χ3v) is 5.01. The summed E-state index contributed by atoms with van der Waals surface area (Å²) in [4.78, 5) is 9.51. The van der Waals surface area contributed by atoms with E-state index in [-0.39, 0.29) is 0 Å². The standard InChI is InChI=1S/C15H22N4S/c1-11-4-5-14-13(8-11)17-15(20-14)16-9-12-10-18(2)6-7-19(12)3/h4-5,8,12H,6-7,9-10H2,1-3H3,(H,16,17). The van der Waals surface area contributed by atoms with Crippen LogP contribution in [0.1, 0.15) is 5.56 Å². The Morgan fingerprint density at radius 2 is 2.20 bits per heavy atom. The summed E-state index contributed by atoms with van der Waals surface area (Å²) < 4.78 is 1.26. The summed E-state index contributed by atoms with van der Waals surface area (Å²) in [6.07, 6.45) is 0. The maximum absolute atomic E-state index is 4.68. The highest BCUT2D eigenvalue weighted by molar-refractivity contribution is 7.22. The number of hydrogen-bond donors (Lipinski definition) is 1. The van der Waals surface area contributed by atoms with Crippen LogP contribution in [0.3, 0.4) is 0 Å². The Bertz CT molecular complexity index is 595. The number of benzene rings is 1. The molecule has 0 saturated carbocycles. The van der Waals surface area contributed by atoms with E-state index < -0.39 is 0 Å². The lowest BCUT2D eigenvalue weighted by atomic mass is 10.2. The fourth-order valence-electron chi connectivity index (χ4n) is 2.64. The van der Waals surface area contributed by atoms with Gasteiger partial charge in [0.1, 0.15) is 0 Å².